The molecule has 3 aromatic carbocycles. The van der Waals surface area contributed by atoms with Gasteiger partial charge in [-0.15, -0.1) is 0 Å². The first-order valence-corrected chi connectivity index (χ1v) is 14.6. The van der Waals surface area contributed by atoms with Crippen molar-refractivity contribution in [2.75, 3.05) is 13.2 Å². The van der Waals surface area contributed by atoms with Gasteiger partial charge in [0.05, 0.1) is 0 Å². The van der Waals surface area contributed by atoms with Gasteiger partial charge in [-0.05, 0) is 26.9 Å². The predicted molar refractivity (Wildman–Crippen MR) is 149 cm³/mol. The molecule has 0 N–H and O–H groups in total. The van der Waals surface area contributed by atoms with Crippen molar-refractivity contribution in [3.05, 3.63) is 109 Å². The topological polar surface area (TPSA) is 55.8 Å². The predicted octanol–water partition coefficient (Wildman–Crippen LogP) is 5.48. The highest BCUT2D eigenvalue weighted by Crippen LogP contribution is 2.37. The van der Waals surface area contributed by atoms with E-state index in [0.29, 0.717) is 6.61 Å². The number of benzene rings is 3. The second kappa shape index (κ2) is 11.3. The average Bonchev–Trinajstić information content (AvgIpc) is 3.30. The lowest BCUT2D eigenvalue weighted by Crippen LogP contribution is -2.66. The van der Waals surface area contributed by atoms with E-state index in [4.69, 9.17) is 9.16 Å². The quantitative estimate of drug-likeness (QED) is 0.296. The van der Waals surface area contributed by atoms with Gasteiger partial charge in [0.2, 0.25) is 0 Å². The van der Waals surface area contributed by atoms with Crippen LogP contribution in [0.3, 0.4) is 0 Å². The van der Waals surface area contributed by atoms with E-state index in [9.17, 15) is 9.59 Å². The summed E-state index contributed by atoms with van der Waals surface area (Å²) in [4.78, 5) is 26.6. The Labute approximate surface area is 220 Å². The first-order chi connectivity index (χ1) is 17.7. The van der Waals surface area contributed by atoms with Gasteiger partial charge >= 0.3 is 6.09 Å². The number of hydrogen-bond acceptors (Lipinski definition) is 4. The molecule has 1 aliphatic heterocycles. The molecule has 192 valence electrons. The zero-order valence-electron chi connectivity index (χ0n) is 22.0. The molecule has 1 aliphatic rings. The first-order valence-electron chi connectivity index (χ1n) is 12.7. The Balaban J connectivity index is 1.54. The summed E-state index contributed by atoms with van der Waals surface area (Å²) in [6.45, 7) is 9.36. The van der Waals surface area contributed by atoms with E-state index in [1.165, 1.54) is 21.3 Å². The Hall–Kier alpha value is -3.48. The summed E-state index contributed by atoms with van der Waals surface area (Å²) in [5.74, 6) is -0.423. The summed E-state index contributed by atoms with van der Waals surface area (Å²) in [6.07, 6.45) is 2.69. The van der Waals surface area contributed by atoms with Crippen molar-refractivity contribution in [2.24, 2.45) is 5.92 Å². The summed E-state index contributed by atoms with van der Waals surface area (Å²) in [6, 6.07) is 30.0. The molecule has 1 saturated heterocycles. The van der Waals surface area contributed by atoms with E-state index < -0.39 is 20.5 Å². The molecule has 0 aliphatic carbocycles. The summed E-state index contributed by atoms with van der Waals surface area (Å²) in [5, 5.41) is 2.30. The number of cyclic esters (lactones) is 1. The van der Waals surface area contributed by atoms with Crippen LogP contribution < -0.4 is 10.4 Å². The molecule has 5 nitrogen and oxygen atoms in total. The van der Waals surface area contributed by atoms with Crippen LogP contribution in [0.5, 0.6) is 0 Å². The van der Waals surface area contributed by atoms with Gasteiger partial charge in [-0.2, -0.15) is 0 Å². The van der Waals surface area contributed by atoms with Gasteiger partial charge in [0.1, 0.15) is 12.6 Å². The van der Waals surface area contributed by atoms with Crippen LogP contribution in [0.1, 0.15) is 39.3 Å². The number of nitrogens with zero attached hydrogens (tertiary/aromatic N) is 1. The standard InChI is InChI=1S/C31H35NO4Si/c1-24(20-21-29(33)32-28(23-35-30(32)34)25-14-8-5-9-15-25)22-36-37(31(2,3)4,26-16-10-6-11-17-26)27-18-12-7-13-19-27/h5-21,24,28H,22-23H2,1-4H3/b21-20+/t24-,28+/m0/s1. The molecule has 0 unspecified atom stereocenters. The number of hydrogen-bond donors (Lipinski definition) is 0. The van der Waals surface area contributed by atoms with E-state index in [1.54, 1.807) is 0 Å². The van der Waals surface area contributed by atoms with Crippen LogP contribution in [0.15, 0.2) is 103 Å². The minimum absolute atomic E-state index is 0.0422. The zero-order valence-corrected chi connectivity index (χ0v) is 23.0. The number of imide groups is 1. The first kappa shape index (κ1) is 26.6. The third-order valence-electron chi connectivity index (χ3n) is 6.84. The van der Waals surface area contributed by atoms with E-state index in [0.717, 1.165) is 5.56 Å². The van der Waals surface area contributed by atoms with E-state index in [-0.39, 0.29) is 23.5 Å². The van der Waals surface area contributed by atoms with Crippen LogP contribution in [-0.2, 0) is 14.0 Å². The third-order valence-corrected chi connectivity index (χ3v) is 11.8. The highest BCUT2D eigenvalue weighted by atomic mass is 28.4. The number of rotatable bonds is 8. The third kappa shape index (κ3) is 5.60. The van der Waals surface area contributed by atoms with E-state index in [2.05, 4.69) is 69.3 Å². The van der Waals surface area contributed by atoms with E-state index >= 15 is 0 Å². The van der Waals surface area contributed by atoms with Crippen LogP contribution >= 0.6 is 0 Å². The Morgan fingerprint density at radius 3 is 2.00 bits per heavy atom. The molecule has 1 fully saturated rings. The molecular weight excluding hydrogens is 478 g/mol. The molecule has 0 bridgehead atoms. The lowest BCUT2D eigenvalue weighted by molar-refractivity contribution is -0.124. The molecule has 0 spiro atoms. The van der Waals surface area contributed by atoms with Crippen molar-refractivity contribution in [1.82, 2.24) is 4.90 Å². The molecule has 6 heteroatoms. The van der Waals surface area contributed by atoms with Gasteiger partial charge in [0.25, 0.3) is 14.2 Å². The normalized spacial score (nSPS) is 17.1. The SMILES string of the molecule is C[C@@H](/C=C/C(=O)N1C(=O)OC[C@@H]1c1ccccc1)CO[Si](c1ccccc1)(c1ccccc1)C(C)(C)C. The fourth-order valence-electron chi connectivity index (χ4n) is 4.99. The lowest BCUT2D eigenvalue weighted by Gasteiger charge is -2.43. The smallest absolute Gasteiger partial charge is 0.417 e. The van der Waals surface area contributed by atoms with Gasteiger partial charge in [-0.3, -0.25) is 4.79 Å². The molecule has 4 rings (SSSR count). The molecule has 37 heavy (non-hydrogen) atoms. The second-order valence-corrected chi connectivity index (χ2v) is 14.8. The zero-order chi connectivity index (χ0) is 26.5. The van der Waals surface area contributed by atoms with Crippen molar-refractivity contribution in [3.8, 4) is 0 Å². The molecule has 3 aromatic rings. The van der Waals surface area contributed by atoms with Crippen molar-refractivity contribution in [3.63, 3.8) is 0 Å². The van der Waals surface area contributed by atoms with Crippen LogP contribution in [0.25, 0.3) is 0 Å². The summed E-state index contributed by atoms with van der Waals surface area (Å²) >= 11 is 0. The maximum Gasteiger partial charge on any atom is 0.417 e. The minimum Gasteiger partial charge on any atom is -0.446 e. The van der Waals surface area contributed by atoms with Crippen molar-refractivity contribution in [2.45, 2.75) is 38.8 Å². The van der Waals surface area contributed by atoms with Crippen molar-refractivity contribution >= 4 is 30.7 Å². The molecule has 0 radical (unpaired) electrons. The van der Waals surface area contributed by atoms with Gasteiger partial charge < -0.3 is 9.16 Å². The highest BCUT2D eigenvalue weighted by Gasteiger charge is 2.50. The van der Waals surface area contributed by atoms with Crippen LogP contribution in [-0.4, -0.2) is 38.4 Å². The largest absolute Gasteiger partial charge is 0.446 e. The Morgan fingerprint density at radius 1 is 0.973 bits per heavy atom. The number of carbonyl (C=O) groups is 2. The molecule has 0 saturated carbocycles. The Kier molecular flexibility index (Phi) is 8.10. The molecule has 2 amide bonds. The lowest BCUT2D eigenvalue weighted by atomic mass is 10.1. The molecule has 1 heterocycles. The monoisotopic (exact) mass is 513 g/mol. The number of ether oxygens (including phenoxy) is 1. The van der Waals surface area contributed by atoms with Crippen LogP contribution in [0.2, 0.25) is 5.04 Å². The summed E-state index contributed by atoms with van der Waals surface area (Å²) in [5.41, 5.74) is 0.873. The molecule has 0 aromatic heterocycles. The van der Waals surface area contributed by atoms with Gasteiger partial charge in [-0.1, -0.05) is 125 Å². The summed E-state index contributed by atoms with van der Waals surface area (Å²) in [7, 11) is -2.66. The Morgan fingerprint density at radius 2 is 1.49 bits per heavy atom. The summed E-state index contributed by atoms with van der Waals surface area (Å²) < 4.78 is 12.2. The molecular formula is C31H35NO4Si. The van der Waals surface area contributed by atoms with E-state index in [1.807, 2.05) is 55.5 Å². The number of amides is 2. The molecule has 2 atom stereocenters. The second-order valence-electron chi connectivity index (χ2n) is 10.5. The Bertz CT molecular complexity index is 1180. The minimum atomic E-state index is -2.66. The van der Waals surface area contributed by atoms with Gasteiger partial charge in [0.15, 0.2) is 0 Å². The van der Waals surface area contributed by atoms with Crippen LogP contribution in [0.4, 0.5) is 4.79 Å². The average molecular weight is 514 g/mol. The van der Waals surface area contributed by atoms with Crippen molar-refractivity contribution < 1.29 is 18.8 Å². The number of carbonyl (C=O) groups excluding carboxylic acids is 2. The van der Waals surface area contributed by atoms with Crippen LogP contribution in [0, 0.1) is 5.92 Å². The fraction of sp³-hybridized carbons (Fsp3) is 0.290. The van der Waals surface area contributed by atoms with Crippen molar-refractivity contribution in [1.29, 1.82) is 0 Å². The van der Waals surface area contributed by atoms with Gasteiger partial charge in [0, 0.05) is 12.7 Å². The maximum atomic E-state index is 13.1. The maximum absolute atomic E-state index is 13.1. The van der Waals surface area contributed by atoms with Gasteiger partial charge in [-0.25, -0.2) is 9.69 Å². The fourth-order valence-corrected chi connectivity index (χ4v) is 9.65. The highest BCUT2D eigenvalue weighted by molar-refractivity contribution is 6.99.